The summed E-state index contributed by atoms with van der Waals surface area (Å²) >= 11 is 6.00. The van der Waals surface area contributed by atoms with Crippen molar-refractivity contribution in [3.63, 3.8) is 0 Å². The van der Waals surface area contributed by atoms with Gasteiger partial charge in [-0.05, 0) is 54.6 Å². The van der Waals surface area contributed by atoms with E-state index in [0.717, 1.165) is 33.7 Å². The van der Waals surface area contributed by atoms with Crippen LogP contribution in [0.25, 0.3) is 22.6 Å². The Morgan fingerprint density at radius 2 is 1.74 bits per heavy atom. The van der Waals surface area contributed by atoms with Crippen LogP contribution in [0.4, 0.5) is 11.4 Å². The molecule has 134 valence electrons. The van der Waals surface area contributed by atoms with E-state index in [1.807, 2.05) is 60.7 Å². The smallest absolute Gasteiger partial charge is 0.227 e. The van der Waals surface area contributed by atoms with E-state index in [-0.39, 0.29) is 0 Å². The van der Waals surface area contributed by atoms with Gasteiger partial charge in [0.25, 0.3) is 0 Å². The monoisotopic (exact) mass is 375 g/mol. The van der Waals surface area contributed by atoms with Crippen molar-refractivity contribution in [3.8, 4) is 11.5 Å². The quantitative estimate of drug-likeness (QED) is 0.422. The first kappa shape index (κ1) is 17.2. The Kier molecular flexibility index (Phi) is 4.81. The molecule has 2 N–H and O–H groups in total. The van der Waals surface area contributed by atoms with Crippen molar-refractivity contribution in [1.82, 2.24) is 4.98 Å². The van der Waals surface area contributed by atoms with Gasteiger partial charge in [0.2, 0.25) is 5.89 Å². The van der Waals surface area contributed by atoms with E-state index < -0.39 is 0 Å². The lowest BCUT2D eigenvalue weighted by atomic mass is 10.2. The van der Waals surface area contributed by atoms with Crippen LogP contribution in [0.5, 0.6) is 0 Å². The van der Waals surface area contributed by atoms with Gasteiger partial charge in [0, 0.05) is 27.7 Å². The lowest BCUT2D eigenvalue weighted by Crippen LogP contribution is -2.10. The summed E-state index contributed by atoms with van der Waals surface area (Å²) in [6.45, 7) is 4.70. The SMILES string of the molecule is C=C(CNc1ccccc1)Nc1ccc(-c2nc3cc(Cl)ccc3o2)cc1. The minimum atomic E-state index is 0.573. The zero-order chi connectivity index (χ0) is 18.6. The number of halogens is 1. The molecule has 0 aliphatic heterocycles. The van der Waals surface area contributed by atoms with Crippen molar-refractivity contribution in [1.29, 1.82) is 0 Å². The number of benzene rings is 3. The third-order valence-corrected chi connectivity index (χ3v) is 4.32. The van der Waals surface area contributed by atoms with E-state index in [2.05, 4.69) is 22.2 Å². The number of anilines is 2. The summed E-state index contributed by atoms with van der Waals surface area (Å²) in [6, 6.07) is 23.3. The van der Waals surface area contributed by atoms with Gasteiger partial charge in [0.15, 0.2) is 5.58 Å². The van der Waals surface area contributed by atoms with Gasteiger partial charge in [-0.15, -0.1) is 0 Å². The van der Waals surface area contributed by atoms with E-state index in [9.17, 15) is 0 Å². The second-order valence-corrected chi connectivity index (χ2v) is 6.59. The van der Waals surface area contributed by atoms with Gasteiger partial charge in [0.1, 0.15) is 5.52 Å². The van der Waals surface area contributed by atoms with Crippen LogP contribution in [0.1, 0.15) is 0 Å². The van der Waals surface area contributed by atoms with E-state index >= 15 is 0 Å². The largest absolute Gasteiger partial charge is 0.436 e. The van der Waals surface area contributed by atoms with Crippen molar-refractivity contribution in [2.75, 3.05) is 17.2 Å². The van der Waals surface area contributed by atoms with Crippen LogP contribution >= 0.6 is 11.6 Å². The minimum Gasteiger partial charge on any atom is -0.436 e. The number of oxazole rings is 1. The summed E-state index contributed by atoms with van der Waals surface area (Å²) < 4.78 is 5.80. The normalized spacial score (nSPS) is 10.7. The Bertz CT molecular complexity index is 1070. The number of nitrogens with zero attached hydrogens (tertiary/aromatic N) is 1. The van der Waals surface area contributed by atoms with Gasteiger partial charge in [0.05, 0.1) is 6.54 Å². The topological polar surface area (TPSA) is 50.1 Å². The number of hydrogen-bond donors (Lipinski definition) is 2. The van der Waals surface area contributed by atoms with E-state index in [1.165, 1.54) is 0 Å². The van der Waals surface area contributed by atoms with Crippen molar-refractivity contribution >= 4 is 34.1 Å². The van der Waals surface area contributed by atoms with E-state index in [1.54, 1.807) is 12.1 Å². The minimum absolute atomic E-state index is 0.573. The van der Waals surface area contributed by atoms with Crippen molar-refractivity contribution < 1.29 is 4.42 Å². The van der Waals surface area contributed by atoms with Gasteiger partial charge in [-0.25, -0.2) is 4.98 Å². The Morgan fingerprint density at radius 1 is 0.963 bits per heavy atom. The van der Waals surface area contributed by atoms with Crippen LogP contribution in [-0.4, -0.2) is 11.5 Å². The second-order valence-electron chi connectivity index (χ2n) is 6.16. The summed E-state index contributed by atoms with van der Waals surface area (Å²) in [5.74, 6) is 0.573. The summed E-state index contributed by atoms with van der Waals surface area (Å²) in [7, 11) is 0. The molecule has 1 aromatic heterocycles. The summed E-state index contributed by atoms with van der Waals surface area (Å²) in [5.41, 5.74) is 5.27. The van der Waals surface area contributed by atoms with Crippen LogP contribution < -0.4 is 10.6 Å². The van der Waals surface area contributed by atoms with Crippen LogP contribution in [0.2, 0.25) is 5.02 Å². The molecular formula is C22H18ClN3O. The standard InChI is InChI=1S/C22H18ClN3O/c1-15(14-24-18-5-3-2-4-6-18)25-19-10-7-16(8-11-19)22-26-20-13-17(23)9-12-21(20)27-22/h2-13,24-25H,1,14H2. The molecule has 27 heavy (non-hydrogen) atoms. The number of para-hydroxylation sites is 1. The number of aromatic nitrogens is 1. The van der Waals surface area contributed by atoms with E-state index in [4.69, 9.17) is 16.0 Å². The predicted molar refractivity (Wildman–Crippen MR) is 112 cm³/mol. The molecule has 0 aliphatic carbocycles. The first-order valence-corrected chi connectivity index (χ1v) is 8.95. The Labute approximate surface area is 162 Å². The average Bonchev–Trinajstić information content (AvgIpc) is 3.11. The number of fused-ring (bicyclic) bond motifs is 1. The molecule has 4 rings (SSSR count). The molecule has 0 saturated carbocycles. The fourth-order valence-corrected chi connectivity index (χ4v) is 2.90. The van der Waals surface area contributed by atoms with Crippen molar-refractivity contribution in [3.05, 3.63) is 90.1 Å². The first-order valence-electron chi connectivity index (χ1n) is 8.58. The molecule has 3 aromatic carbocycles. The van der Waals surface area contributed by atoms with Crippen LogP contribution in [0.15, 0.2) is 89.5 Å². The molecule has 0 unspecified atom stereocenters. The van der Waals surface area contributed by atoms with Gasteiger partial charge in [-0.3, -0.25) is 0 Å². The summed E-state index contributed by atoms with van der Waals surface area (Å²) in [5, 5.41) is 7.27. The summed E-state index contributed by atoms with van der Waals surface area (Å²) in [6.07, 6.45) is 0. The maximum Gasteiger partial charge on any atom is 0.227 e. The average molecular weight is 376 g/mol. The van der Waals surface area contributed by atoms with Crippen molar-refractivity contribution in [2.24, 2.45) is 0 Å². The third kappa shape index (κ3) is 4.13. The molecule has 1 heterocycles. The molecule has 0 bridgehead atoms. The van der Waals surface area contributed by atoms with Gasteiger partial charge < -0.3 is 15.1 Å². The molecule has 0 atom stereocenters. The molecule has 5 heteroatoms. The molecule has 0 amide bonds. The van der Waals surface area contributed by atoms with Gasteiger partial charge >= 0.3 is 0 Å². The highest BCUT2D eigenvalue weighted by atomic mass is 35.5. The molecule has 0 fully saturated rings. The first-order chi connectivity index (χ1) is 13.2. The van der Waals surface area contributed by atoms with E-state index in [0.29, 0.717) is 17.5 Å². The zero-order valence-electron chi connectivity index (χ0n) is 14.6. The highest BCUT2D eigenvalue weighted by Crippen LogP contribution is 2.27. The number of hydrogen-bond acceptors (Lipinski definition) is 4. The molecule has 0 saturated heterocycles. The van der Waals surface area contributed by atoms with Crippen molar-refractivity contribution in [2.45, 2.75) is 0 Å². The lowest BCUT2D eigenvalue weighted by molar-refractivity contribution is 0.620. The summed E-state index contributed by atoms with van der Waals surface area (Å²) in [4.78, 5) is 4.50. The zero-order valence-corrected chi connectivity index (χ0v) is 15.3. The highest BCUT2D eigenvalue weighted by molar-refractivity contribution is 6.31. The Balaban J connectivity index is 1.41. The van der Waals surface area contributed by atoms with Crippen LogP contribution in [0.3, 0.4) is 0 Å². The predicted octanol–water partition coefficient (Wildman–Crippen LogP) is 6.19. The maximum absolute atomic E-state index is 6.00. The lowest BCUT2D eigenvalue weighted by Gasteiger charge is -2.12. The molecule has 4 nitrogen and oxygen atoms in total. The Hall–Kier alpha value is -3.24. The van der Waals surface area contributed by atoms with Crippen LogP contribution in [-0.2, 0) is 0 Å². The molecule has 0 radical (unpaired) electrons. The second kappa shape index (κ2) is 7.56. The van der Waals surface area contributed by atoms with Crippen LogP contribution in [0, 0.1) is 0 Å². The molecule has 0 aliphatic rings. The Morgan fingerprint density at radius 3 is 2.52 bits per heavy atom. The fourth-order valence-electron chi connectivity index (χ4n) is 2.73. The molecule has 0 spiro atoms. The van der Waals surface area contributed by atoms with Gasteiger partial charge in [-0.2, -0.15) is 0 Å². The highest BCUT2D eigenvalue weighted by Gasteiger charge is 2.08. The molecule has 4 aromatic rings. The number of rotatable bonds is 6. The fraction of sp³-hybridized carbons (Fsp3) is 0.0455. The molecular weight excluding hydrogens is 358 g/mol. The van der Waals surface area contributed by atoms with Gasteiger partial charge in [-0.1, -0.05) is 36.4 Å². The third-order valence-electron chi connectivity index (χ3n) is 4.08. The maximum atomic E-state index is 6.00. The number of nitrogens with one attached hydrogen (secondary N) is 2.